The van der Waals surface area contributed by atoms with Gasteiger partial charge in [0.2, 0.25) is 0 Å². The molecule has 0 saturated carbocycles. The summed E-state index contributed by atoms with van der Waals surface area (Å²) in [6.07, 6.45) is 39.8. The number of ether oxygens (including phenoxy) is 2. The minimum Gasteiger partial charge on any atom is -0.756 e. The van der Waals surface area contributed by atoms with Crippen molar-refractivity contribution in [2.75, 3.05) is 47.5 Å². The highest BCUT2D eigenvalue weighted by atomic mass is 31.2. The topological polar surface area (TPSA) is 128 Å². The second-order valence-corrected chi connectivity index (χ2v) is 17.5. The highest BCUT2D eigenvalue weighted by Gasteiger charge is 2.21. The molecule has 0 rings (SSSR count). The molecule has 0 heterocycles. The summed E-state index contributed by atoms with van der Waals surface area (Å²) in [7, 11) is 1.10. The number of carbonyl (C=O) groups is 3. The molecule has 0 aliphatic heterocycles. The minimum atomic E-state index is -4.65. The number of likely N-dealkylation sites (N-methyl/N-ethyl adjacent to an activating group) is 1. The number of hydrogen-bond acceptors (Lipinski definition) is 9. The van der Waals surface area contributed by atoms with E-state index in [9.17, 15) is 23.8 Å². The first-order chi connectivity index (χ1) is 27.4. The smallest absolute Gasteiger partial charge is 0.306 e. The number of phosphoric ester groups is 1. The van der Waals surface area contributed by atoms with Crippen LogP contribution in [-0.2, 0) is 37.5 Å². The van der Waals surface area contributed by atoms with E-state index < -0.39 is 32.5 Å². The quantitative estimate of drug-likeness (QED) is 0.0113. The number of quaternary nitrogens is 1. The molecule has 10 nitrogen and oxygen atoms in total. The normalized spacial score (nSPS) is 13.9. The van der Waals surface area contributed by atoms with Gasteiger partial charge in [-0.3, -0.25) is 18.9 Å². The Morgan fingerprint density at radius 3 is 1.70 bits per heavy atom. The van der Waals surface area contributed by atoms with Crippen LogP contribution < -0.4 is 4.89 Å². The molecule has 2 atom stereocenters. The lowest BCUT2D eigenvalue weighted by atomic mass is 10.0. The number of allylic oxidation sites excluding steroid dienone is 8. The van der Waals surface area contributed by atoms with Crippen LogP contribution >= 0.6 is 7.82 Å². The van der Waals surface area contributed by atoms with Gasteiger partial charge in [0.05, 0.1) is 27.7 Å². The van der Waals surface area contributed by atoms with E-state index in [0.717, 1.165) is 51.4 Å². The summed E-state index contributed by atoms with van der Waals surface area (Å²) in [6.45, 7) is 3.98. The van der Waals surface area contributed by atoms with Crippen LogP contribution in [0.5, 0.6) is 0 Å². The van der Waals surface area contributed by atoms with Crippen LogP contribution in [0.1, 0.15) is 174 Å². The summed E-state index contributed by atoms with van der Waals surface area (Å²) in [5.74, 6) is -0.763. The van der Waals surface area contributed by atoms with Gasteiger partial charge in [-0.05, 0) is 44.6 Å². The predicted octanol–water partition coefficient (Wildman–Crippen LogP) is 11.2. The molecular formula is C46H82NO9P. The first-order valence-electron chi connectivity index (χ1n) is 22.3. The standard InChI is InChI=1S/C46H82NO9P/c1-6-8-10-11-12-13-14-15-16-17-20-24-27-30-34-38-46(50)56-44(42-55-57(51,52)54-40-39-47(3,4)5)41-53-45(49)37-33-29-26-23-21-18-19-22-25-28-32-36-43(48)35-31-9-7-2/h18-19,23,25-26,28,32,36,44H,6-17,20-22,24,27,29-31,33-35,37-42H2,1-5H3/b19-18-,26-23-,28-25-,36-32+/t44-/m1/s1. The Hall–Kier alpha value is -2.36. The van der Waals surface area contributed by atoms with E-state index in [1.54, 1.807) is 12.2 Å². The van der Waals surface area contributed by atoms with Gasteiger partial charge >= 0.3 is 11.9 Å². The lowest BCUT2D eigenvalue weighted by Gasteiger charge is -2.28. The zero-order valence-electron chi connectivity index (χ0n) is 36.8. The Kier molecular flexibility index (Phi) is 36.3. The van der Waals surface area contributed by atoms with Crippen molar-refractivity contribution < 1.29 is 46.8 Å². The van der Waals surface area contributed by atoms with Gasteiger partial charge in [0.15, 0.2) is 11.9 Å². The van der Waals surface area contributed by atoms with E-state index in [0.29, 0.717) is 36.7 Å². The zero-order valence-corrected chi connectivity index (χ0v) is 37.7. The second-order valence-electron chi connectivity index (χ2n) is 16.1. The number of rotatable bonds is 40. The van der Waals surface area contributed by atoms with E-state index >= 15 is 0 Å². The van der Waals surface area contributed by atoms with Crippen LogP contribution in [0.4, 0.5) is 0 Å². The van der Waals surface area contributed by atoms with Crippen molar-refractivity contribution in [3.05, 3.63) is 48.6 Å². The summed E-state index contributed by atoms with van der Waals surface area (Å²) >= 11 is 0. The fourth-order valence-electron chi connectivity index (χ4n) is 5.78. The molecule has 0 aromatic rings. The zero-order chi connectivity index (χ0) is 42.3. The Bertz CT molecular complexity index is 1170. The van der Waals surface area contributed by atoms with Crippen molar-refractivity contribution in [2.24, 2.45) is 0 Å². The van der Waals surface area contributed by atoms with Gasteiger partial charge in [-0.15, -0.1) is 0 Å². The number of unbranched alkanes of at least 4 members (excludes halogenated alkanes) is 17. The van der Waals surface area contributed by atoms with Crippen molar-refractivity contribution in [3.8, 4) is 0 Å². The molecule has 1 unspecified atom stereocenters. The Morgan fingerprint density at radius 1 is 0.596 bits per heavy atom. The SMILES string of the molecule is CCCCCCCCCCCCCCCCCC(=O)O[C@H](COC(=O)CCC/C=C\C/C=C\C/C=C\C=C\C(=O)CCCCC)COP(=O)([O-])OCC[N+](C)(C)C. The lowest BCUT2D eigenvalue weighted by molar-refractivity contribution is -0.870. The van der Waals surface area contributed by atoms with Crippen LogP contribution in [0.3, 0.4) is 0 Å². The Balaban J connectivity index is 4.48. The molecule has 330 valence electrons. The molecule has 0 aliphatic carbocycles. The van der Waals surface area contributed by atoms with Crippen LogP contribution in [-0.4, -0.2) is 75.8 Å². The highest BCUT2D eigenvalue weighted by molar-refractivity contribution is 7.45. The summed E-state index contributed by atoms with van der Waals surface area (Å²) in [4.78, 5) is 49.2. The summed E-state index contributed by atoms with van der Waals surface area (Å²) in [6, 6.07) is 0. The average Bonchev–Trinajstić information content (AvgIpc) is 3.15. The van der Waals surface area contributed by atoms with Crippen LogP contribution in [0.25, 0.3) is 0 Å². The molecule has 0 spiro atoms. The molecule has 0 bridgehead atoms. The van der Waals surface area contributed by atoms with E-state index in [-0.39, 0.29) is 31.8 Å². The maximum Gasteiger partial charge on any atom is 0.306 e. The molecule has 11 heteroatoms. The Morgan fingerprint density at radius 2 is 1.11 bits per heavy atom. The van der Waals surface area contributed by atoms with Crippen molar-refractivity contribution in [1.82, 2.24) is 0 Å². The molecule has 0 aliphatic rings. The molecule has 0 amide bonds. The molecule has 0 saturated heterocycles. The fraction of sp³-hybridized carbons (Fsp3) is 0.761. The van der Waals surface area contributed by atoms with Crippen LogP contribution in [0.15, 0.2) is 48.6 Å². The van der Waals surface area contributed by atoms with E-state index in [2.05, 4.69) is 26.0 Å². The van der Waals surface area contributed by atoms with Gasteiger partial charge in [-0.2, -0.15) is 0 Å². The molecule has 57 heavy (non-hydrogen) atoms. The predicted molar refractivity (Wildman–Crippen MR) is 232 cm³/mol. The fourth-order valence-corrected chi connectivity index (χ4v) is 6.51. The van der Waals surface area contributed by atoms with E-state index in [1.807, 2.05) is 45.4 Å². The summed E-state index contributed by atoms with van der Waals surface area (Å²) in [5, 5.41) is 0. The number of phosphoric acid groups is 1. The summed E-state index contributed by atoms with van der Waals surface area (Å²) < 4.78 is 33.8. The second kappa shape index (κ2) is 37.9. The number of ketones is 1. The van der Waals surface area contributed by atoms with E-state index in [1.165, 1.54) is 70.6 Å². The Labute approximate surface area is 348 Å². The summed E-state index contributed by atoms with van der Waals surface area (Å²) in [5.41, 5.74) is 0. The maximum atomic E-state index is 12.7. The van der Waals surface area contributed by atoms with Gasteiger partial charge in [0.25, 0.3) is 7.82 Å². The molecule has 0 aromatic heterocycles. The lowest BCUT2D eigenvalue weighted by Crippen LogP contribution is -2.37. The van der Waals surface area contributed by atoms with Gasteiger partial charge in [-0.1, -0.05) is 159 Å². The average molecular weight is 824 g/mol. The molecule has 0 N–H and O–H groups in total. The maximum absolute atomic E-state index is 12.7. The first kappa shape index (κ1) is 54.6. The first-order valence-corrected chi connectivity index (χ1v) is 23.8. The van der Waals surface area contributed by atoms with Gasteiger partial charge in [0.1, 0.15) is 19.8 Å². The number of esters is 2. The number of nitrogens with zero attached hydrogens (tertiary/aromatic N) is 1. The van der Waals surface area contributed by atoms with Gasteiger partial charge in [-0.25, -0.2) is 0 Å². The molecular weight excluding hydrogens is 741 g/mol. The van der Waals surface area contributed by atoms with Crippen LogP contribution in [0, 0.1) is 0 Å². The largest absolute Gasteiger partial charge is 0.756 e. The third-order valence-electron chi connectivity index (χ3n) is 9.33. The third kappa shape index (κ3) is 41.6. The van der Waals surface area contributed by atoms with Crippen molar-refractivity contribution in [2.45, 2.75) is 180 Å². The molecule has 0 radical (unpaired) electrons. The minimum absolute atomic E-state index is 0.0494. The van der Waals surface area contributed by atoms with Crippen LogP contribution in [0.2, 0.25) is 0 Å². The number of carbonyl (C=O) groups excluding carboxylic acids is 3. The number of hydrogen-bond donors (Lipinski definition) is 0. The third-order valence-corrected chi connectivity index (χ3v) is 10.3. The van der Waals surface area contributed by atoms with Gasteiger partial charge in [0, 0.05) is 19.3 Å². The molecule has 0 fully saturated rings. The van der Waals surface area contributed by atoms with Crippen molar-refractivity contribution >= 4 is 25.5 Å². The van der Waals surface area contributed by atoms with Crippen molar-refractivity contribution in [3.63, 3.8) is 0 Å². The van der Waals surface area contributed by atoms with E-state index in [4.69, 9.17) is 18.5 Å². The van der Waals surface area contributed by atoms with Gasteiger partial charge < -0.3 is 27.9 Å². The highest BCUT2D eigenvalue weighted by Crippen LogP contribution is 2.38. The van der Waals surface area contributed by atoms with Crippen molar-refractivity contribution in [1.29, 1.82) is 0 Å². The monoisotopic (exact) mass is 824 g/mol. The molecule has 0 aromatic carbocycles.